The summed E-state index contributed by atoms with van der Waals surface area (Å²) in [7, 11) is 0. The maximum absolute atomic E-state index is 12.3. The first kappa shape index (κ1) is 13.9. The molecule has 4 nitrogen and oxygen atoms in total. The second-order valence-corrected chi connectivity index (χ2v) is 5.39. The van der Waals surface area contributed by atoms with Crippen molar-refractivity contribution in [3.05, 3.63) is 24.3 Å². The van der Waals surface area contributed by atoms with Crippen molar-refractivity contribution >= 4 is 11.6 Å². The Balaban J connectivity index is 2.00. The standard InChI is InChI=1S/C15H22N2O2/c1-15(7-2-3-8-15)14(18)17-12-5-4-6-13(11-12)19-10-9-16/h4-6,11H,2-3,7-10,16H2,1H3,(H,17,18). The lowest BCUT2D eigenvalue weighted by atomic mass is 9.88. The van der Waals surface area contributed by atoms with E-state index in [-0.39, 0.29) is 11.3 Å². The Bertz CT molecular complexity index is 440. The SMILES string of the molecule is CC1(C(=O)Nc2cccc(OCCN)c2)CCCC1. The summed E-state index contributed by atoms with van der Waals surface area (Å²) in [5.74, 6) is 0.848. The molecule has 1 aromatic carbocycles. The normalized spacial score (nSPS) is 17.2. The molecule has 0 spiro atoms. The number of anilines is 1. The van der Waals surface area contributed by atoms with Gasteiger partial charge in [0.1, 0.15) is 12.4 Å². The highest BCUT2D eigenvalue weighted by Crippen LogP contribution is 2.38. The summed E-state index contributed by atoms with van der Waals surface area (Å²) in [5.41, 5.74) is 5.97. The van der Waals surface area contributed by atoms with Crippen LogP contribution < -0.4 is 15.8 Å². The Morgan fingerprint density at radius 1 is 1.42 bits per heavy atom. The quantitative estimate of drug-likeness (QED) is 0.857. The van der Waals surface area contributed by atoms with Gasteiger partial charge >= 0.3 is 0 Å². The highest BCUT2D eigenvalue weighted by molar-refractivity contribution is 5.95. The molecule has 0 aromatic heterocycles. The molecule has 3 N–H and O–H groups in total. The van der Waals surface area contributed by atoms with E-state index >= 15 is 0 Å². The van der Waals surface area contributed by atoms with Gasteiger partial charge in [-0.1, -0.05) is 25.8 Å². The minimum atomic E-state index is -0.214. The van der Waals surface area contributed by atoms with E-state index in [4.69, 9.17) is 10.5 Å². The summed E-state index contributed by atoms with van der Waals surface area (Å²) < 4.78 is 5.45. The van der Waals surface area contributed by atoms with Gasteiger partial charge in [0.2, 0.25) is 5.91 Å². The molecule has 0 atom stereocenters. The first-order chi connectivity index (χ1) is 9.14. The summed E-state index contributed by atoms with van der Waals surface area (Å²) >= 11 is 0. The number of hydrogen-bond acceptors (Lipinski definition) is 3. The molecule has 1 fully saturated rings. The Morgan fingerprint density at radius 2 is 2.16 bits per heavy atom. The van der Waals surface area contributed by atoms with Crippen molar-refractivity contribution in [3.8, 4) is 5.75 Å². The summed E-state index contributed by atoms with van der Waals surface area (Å²) in [6.07, 6.45) is 4.23. The molecule has 1 aliphatic rings. The Hall–Kier alpha value is -1.55. The minimum absolute atomic E-state index is 0.112. The topological polar surface area (TPSA) is 64.3 Å². The van der Waals surface area contributed by atoms with Gasteiger partial charge < -0.3 is 15.8 Å². The molecule has 0 heterocycles. The zero-order chi connectivity index (χ0) is 13.7. The molecule has 104 valence electrons. The highest BCUT2D eigenvalue weighted by Gasteiger charge is 2.36. The van der Waals surface area contributed by atoms with E-state index in [1.807, 2.05) is 31.2 Å². The molecule has 1 saturated carbocycles. The van der Waals surface area contributed by atoms with E-state index in [2.05, 4.69) is 5.32 Å². The summed E-state index contributed by atoms with van der Waals surface area (Å²) in [6.45, 7) is 3.01. The zero-order valence-corrected chi connectivity index (χ0v) is 11.4. The molecule has 0 aliphatic heterocycles. The molecule has 19 heavy (non-hydrogen) atoms. The first-order valence-corrected chi connectivity index (χ1v) is 6.88. The molecule has 0 unspecified atom stereocenters. The second-order valence-electron chi connectivity index (χ2n) is 5.39. The van der Waals surface area contributed by atoms with Crippen LogP contribution in [0.15, 0.2) is 24.3 Å². The largest absolute Gasteiger partial charge is 0.492 e. The van der Waals surface area contributed by atoms with Crippen molar-refractivity contribution in [1.29, 1.82) is 0 Å². The van der Waals surface area contributed by atoms with Crippen molar-refractivity contribution in [3.63, 3.8) is 0 Å². The molecule has 1 aromatic rings. The van der Waals surface area contributed by atoms with Gasteiger partial charge in [0.25, 0.3) is 0 Å². The maximum Gasteiger partial charge on any atom is 0.230 e. The molecule has 0 saturated heterocycles. The first-order valence-electron chi connectivity index (χ1n) is 6.88. The fourth-order valence-corrected chi connectivity index (χ4v) is 2.50. The molecular weight excluding hydrogens is 240 g/mol. The van der Waals surface area contributed by atoms with Crippen molar-refractivity contribution in [2.75, 3.05) is 18.5 Å². The van der Waals surface area contributed by atoms with Crippen LogP contribution in [0.1, 0.15) is 32.6 Å². The summed E-state index contributed by atoms with van der Waals surface area (Å²) in [5, 5.41) is 2.99. The average molecular weight is 262 g/mol. The van der Waals surface area contributed by atoms with Crippen molar-refractivity contribution in [2.24, 2.45) is 11.1 Å². The van der Waals surface area contributed by atoms with Gasteiger partial charge in [0.15, 0.2) is 0 Å². The number of amides is 1. The fraction of sp³-hybridized carbons (Fsp3) is 0.533. The maximum atomic E-state index is 12.3. The molecular formula is C15H22N2O2. The van der Waals surface area contributed by atoms with Gasteiger partial charge in [-0.2, -0.15) is 0 Å². The van der Waals surface area contributed by atoms with Gasteiger partial charge in [-0.15, -0.1) is 0 Å². The minimum Gasteiger partial charge on any atom is -0.492 e. The molecule has 1 aliphatic carbocycles. The van der Waals surface area contributed by atoms with Crippen LogP contribution in [-0.2, 0) is 4.79 Å². The molecule has 0 radical (unpaired) electrons. The van der Waals surface area contributed by atoms with E-state index < -0.39 is 0 Å². The lowest BCUT2D eigenvalue weighted by Crippen LogP contribution is -2.30. The van der Waals surface area contributed by atoms with E-state index in [1.165, 1.54) is 0 Å². The van der Waals surface area contributed by atoms with E-state index in [0.29, 0.717) is 13.2 Å². The van der Waals surface area contributed by atoms with Gasteiger partial charge in [-0.3, -0.25) is 4.79 Å². The predicted octanol–water partition coefficient (Wildman–Crippen LogP) is 2.54. The van der Waals surface area contributed by atoms with Crippen molar-refractivity contribution < 1.29 is 9.53 Å². The number of nitrogens with one attached hydrogen (secondary N) is 1. The lowest BCUT2D eigenvalue weighted by molar-refractivity contribution is -0.124. The predicted molar refractivity (Wildman–Crippen MR) is 76.2 cm³/mol. The monoisotopic (exact) mass is 262 g/mol. The summed E-state index contributed by atoms with van der Waals surface area (Å²) in [6, 6.07) is 7.46. The third-order valence-electron chi connectivity index (χ3n) is 3.73. The van der Waals surface area contributed by atoms with Crippen LogP contribution in [0.5, 0.6) is 5.75 Å². The zero-order valence-electron chi connectivity index (χ0n) is 11.4. The lowest BCUT2D eigenvalue weighted by Gasteiger charge is -2.22. The van der Waals surface area contributed by atoms with E-state index in [1.54, 1.807) is 0 Å². The Labute approximate surface area is 114 Å². The molecule has 4 heteroatoms. The van der Waals surface area contributed by atoms with Crippen molar-refractivity contribution in [1.82, 2.24) is 0 Å². The number of benzene rings is 1. The number of carbonyl (C=O) groups is 1. The van der Waals surface area contributed by atoms with Gasteiger partial charge in [-0.25, -0.2) is 0 Å². The highest BCUT2D eigenvalue weighted by atomic mass is 16.5. The van der Waals surface area contributed by atoms with Gasteiger partial charge in [-0.05, 0) is 25.0 Å². The number of hydrogen-bond donors (Lipinski definition) is 2. The molecule has 0 bridgehead atoms. The Kier molecular flexibility index (Phi) is 4.43. The van der Waals surface area contributed by atoms with Crippen LogP contribution in [-0.4, -0.2) is 19.1 Å². The van der Waals surface area contributed by atoms with Gasteiger partial charge in [0.05, 0.1) is 0 Å². The van der Waals surface area contributed by atoms with Crippen LogP contribution in [0.2, 0.25) is 0 Å². The summed E-state index contributed by atoms with van der Waals surface area (Å²) in [4.78, 5) is 12.3. The van der Waals surface area contributed by atoms with Crippen LogP contribution >= 0.6 is 0 Å². The third kappa shape index (κ3) is 3.47. The molecule has 1 amide bonds. The van der Waals surface area contributed by atoms with Crippen LogP contribution in [0, 0.1) is 5.41 Å². The van der Waals surface area contributed by atoms with Crippen LogP contribution in [0.3, 0.4) is 0 Å². The number of nitrogens with two attached hydrogens (primary N) is 1. The van der Waals surface area contributed by atoms with Crippen molar-refractivity contribution in [2.45, 2.75) is 32.6 Å². The second kappa shape index (κ2) is 6.06. The fourth-order valence-electron chi connectivity index (χ4n) is 2.50. The Morgan fingerprint density at radius 3 is 2.84 bits per heavy atom. The van der Waals surface area contributed by atoms with Gasteiger partial charge in [0, 0.05) is 23.7 Å². The average Bonchev–Trinajstić information content (AvgIpc) is 2.85. The van der Waals surface area contributed by atoms with Crippen LogP contribution in [0.25, 0.3) is 0 Å². The number of rotatable bonds is 5. The van der Waals surface area contributed by atoms with Crippen LogP contribution in [0.4, 0.5) is 5.69 Å². The third-order valence-corrected chi connectivity index (χ3v) is 3.73. The van der Waals surface area contributed by atoms with E-state index in [9.17, 15) is 4.79 Å². The smallest absolute Gasteiger partial charge is 0.230 e. The number of ether oxygens (including phenoxy) is 1. The number of carbonyl (C=O) groups excluding carboxylic acids is 1. The molecule has 2 rings (SSSR count). The van der Waals surface area contributed by atoms with E-state index in [0.717, 1.165) is 37.1 Å².